The maximum atomic E-state index is 11.3. The van der Waals surface area contributed by atoms with Crippen molar-refractivity contribution in [1.29, 1.82) is 0 Å². The van der Waals surface area contributed by atoms with Crippen LogP contribution in [-0.2, 0) is 19.1 Å². The van der Waals surface area contributed by atoms with Crippen LogP contribution in [0.4, 0.5) is 0 Å². The highest BCUT2D eigenvalue weighted by Gasteiger charge is 2.28. The molecule has 0 aliphatic heterocycles. The molecule has 0 amide bonds. The number of ketones is 1. The average Bonchev–Trinajstić information content (AvgIpc) is 2.17. The van der Waals surface area contributed by atoms with Crippen molar-refractivity contribution in [1.82, 2.24) is 0 Å². The third kappa shape index (κ3) is 4.00. The zero-order valence-electron chi connectivity index (χ0n) is 9.32. The fourth-order valence-electron chi connectivity index (χ4n) is 1.88. The zero-order valence-corrected chi connectivity index (χ0v) is 9.32. The highest BCUT2D eigenvalue weighted by molar-refractivity contribution is 5.94. The molecule has 4 nitrogen and oxygen atoms in total. The van der Waals surface area contributed by atoms with Crippen molar-refractivity contribution in [3.8, 4) is 0 Å². The van der Waals surface area contributed by atoms with Crippen molar-refractivity contribution >= 4 is 11.8 Å². The molecule has 0 radical (unpaired) electrons. The molecule has 86 valence electrons. The Morgan fingerprint density at radius 3 is 2.33 bits per heavy atom. The van der Waals surface area contributed by atoms with Gasteiger partial charge in [-0.2, -0.15) is 0 Å². The molecule has 1 saturated carbocycles. The molecule has 0 unspecified atom stereocenters. The minimum atomic E-state index is -0.434. The number of carbonyl (C=O) groups is 2. The van der Waals surface area contributed by atoms with Crippen LogP contribution in [0.1, 0.15) is 39.0 Å². The zero-order chi connectivity index (χ0) is 11.3. The van der Waals surface area contributed by atoms with Gasteiger partial charge in [-0.15, -0.1) is 0 Å². The van der Waals surface area contributed by atoms with E-state index in [2.05, 4.69) is 0 Å². The van der Waals surface area contributed by atoms with E-state index >= 15 is 0 Å². The topological polar surface area (TPSA) is 52.6 Å². The van der Waals surface area contributed by atoms with Gasteiger partial charge in [0.05, 0.1) is 6.10 Å². The number of carbonyl (C=O) groups excluding carboxylic acids is 2. The van der Waals surface area contributed by atoms with Crippen molar-refractivity contribution in [2.75, 3.05) is 7.11 Å². The molecule has 2 atom stereocenters. The molecule has 1 fully saturated rings. The Kier molecular flexibility index (Phi) is 4.75. The number of hydrogen-bond acceptors (Lipinski definition) is 4. The Bertz CT molecular complexity index is 237. The number of hydrogen-bond donors (Lipinski definition) is 0. The predicted molar refractivity (Wildman–Crippen MR) is 54.4 cm³/mol. The van der Waals surface area contributed by atoms with Gasteiger partial charge >= 0.3 is 5.97 Å². The van der Waals surface area contributed by atoms with Crippen molar-refractivity contribution in [2.24, 2.45) is 0 Å². The lowest BCUT2D eigenvalue weighted by atomic mass is 9.94. The lowest BCUT2D eigenvalue weighted by Crippen LogP contribution is -2.35. The van der Waals surface area contributed by atoms with Gasteiger partial charge in [0.2, 0.25) is 0 Å². The summed E-state index contributed by atoms with van der Waals surface area (Å²) in [7, 11) is 1.63. The molecule has 0 aromatic heterocycles. The standard InChI is InChI=1S/C11H18O4/c1-8(12)7-11(13)15-10-6-4-3-5-9(10)14-2/h9-10H,3-7H2,1-2H3/t9-,10-/m1/s1. The van der Waals surface area contributed by atoms with Crippen LogP contribution in [-0.4, -0.2) is 31.1 Å². The largest absolute Gasteiger partial charge is 0.459 e. The Balaban J connectivity index is 2.40. The molecule has 0 heterocycles. The van der Waals surface area contributed by atoms with Gasteiger partial charge in [0, 0.05) is 7.11 Å². The minimum Gasteiger partial charge on any atom is -0.459 e. The van der Waals surface area contributed by atoms with E-state index in [4.69, 9.17) is 9.47 Å². The molecule has 1 aliphatic carbocycles. The third-order valence-electron chi connectivity index (χ3n) is 2.62. The molecule has 15 heavy (non-hydrogen) atoms. The molecule has 0 spiro atoms. The van der Waals surface area contributed by atoms with Crippen molar-refractivity contribution in [3.63, 3.8) is 0 Å². The van der Waals surface area contributed by atoms with Gasteiger partial charge in [0.25, 0.3) is 0 Å². The van der Waals surface area contributed by atoms with E-state index in [1.165, 1.54) is 6.92 Å². The number of esters is 1. The monoisotopic (exact) mass is 214 g/mol. The molecule has 0 saturated heterocycles. The smallest absolute Gasteiger partial charge is 0.313 e. The van der Waals surface area contributed by atoms with E-state index in [1.807, 2.05) is 0 Å². The van der Waals surface area contributed by atoms with Crippen LogP contribution < -0.4 is 0 Å². The van der Waals surface area contributed by atoms with E-state index in [1.54, 1.807) is 7.11 Å². The van der Waals surface area contributed by atoms with Crippen LogP contribution in [0.3, 0.4) is 0 Å². The number of methoxy groups -OCH3 is 1. The normalized spacial score (nSPS) is 26.0. The van der Waals surface area contributed by atoms with Gasteiger partial charge in [0.15, 0.2) is 0 Å². The Morgan fingerprint density at radius 1 is 1.20 bits per heavy atom. The summed E-state index contributed by atoms with van der Waals surface area (Å²) in [4.78, 5) is 22.0. The van der Waals surface area contributed by atoms with Gasteiger partial charge in [-0.3, -0.25) is 9.59 Å². The third-order valence-corrected chi connectivity index (χ3v) is 2.62. The summed E-state index contributed by atoms with van der Waals surface area (Å²) < 4.78 is 10.5. The first-order valence-corrected chi connectivity index (χ1v) is 5.35. The van der Waals surface area contributed by atoms with Crippen LogP contribution in [0, 0.1) is 0 Å². The maximum Gasteiger partial charge on any atom is 0.313 e. The Labute approximate surface area is 89.9 Å². The minimum absolute atomic E-state index is 0.00495. The summed E-state index contributed by atoms with van der Waals surface area (Å²) in [5, 5.41) is 0. The second kappa shape index (κ2) is 5.85. The highest BCUT2D eigenvalue weighted by Crippen LogP contribution is 2.23. The molecule has 1 rings (SSSR count). The van der Waals surface area contributed by atoms with Gasteiger partial charge in [0.1, 0.15) is 18.3 Å². The quantitative estimate of drug-likeness (QED) is 0.525. The molecule has 4 heteroatoms. The van der Waals surface area contributed by atoms with Crippen molar-refractivity contribution in [2.45, 2.75) is 51.2 Å². The van der Waals surface area contributed by atoms with Gasteiger partial charge in [-0.1, -0.05) is 6.42 Å². The lowest BCUT2D eigenvalue weighted by molar-refractivity contribution is -0.160. The van der Waals surface area contributed by atoms with Crippen LogP contribution in [0.25, 0.3) is 0 Å². The van der Waals surface area contributed by atoms with Gasteiger partial charge in [-0.25, -0.2) is 0 Å². The van der Waals surface area contributed by atoms with Crippen molar-refractivity contribution < 1.29 is 19.1 Å². The van der Waals surface area contributed by atoms with E-state index in [-0.39, 0.29) is 24.4 Å². The predicted octanol–water partition coefficient (Wildman–Crippen LogP) is 1.47. The summed E-state index contributed by atoms with van der Waals surface area (Å²) in [6.07, 6.45) is 3.62. The fourth-order valence-corrected chi connectivity index (χ4v) is 1.88. The summed E-state index contributed by atoms with van der Waals surface area (Å²) in [6.45, 7) is 1.38. The Hall–Kier alpha value is -0.900. The van der Waals surface area contributed by atoms with Crippen LogP contribution in [0.2, 0.25) is 0 Å². The second-order valence-electron chi connectivity index (χ2n) is 3.97. The van der Waals surface area contributed by atoms with E-state index in [9.17, 15) is 9.59 Å². The summed E-state index contributed by atoms with van der Waals surface area (Å²) >= 11 is 0. The van der Waals surface area contributed by atoms with Gasteiger partial charge in [-0.05, 0) is 26.2 Å². The summed E-state index contributed by atoms with van der Waals surface area (Å²) in [5.41, 5.74) is 0. The molecule has 0 N–H and O–H groups in total. The molecule has 0 aromatic rings. The first-order valence-electron chi connectivity index (χ1n) is 5.35. The first-order chi connectivity index (χ1) is 7.13. The van der Waals surface area contributed by atoms with Gasteiger partial charge < -0.3 is 9.47 Å². The molecule has 1 aliphatic rings. The average molecular weight is 214 g/mol. The van der Waals surface area contributed by atoms with Crippen LogP contribution in [0.15, 0.2) is 0 Å². The highest BCUT2D eigenvalue weighted by atomic mass is 16.6. The summed E-state index contributed by atoms with van der Waals surface area (Å²) in [6, 6.07) is 0. The molecular weight excluding hydrogens is 196 g/mol. The van der Waals surface area contributed by atoms with E-state index in [0.29, 0.717) is 0 Å². The van der Waals surface area contributed by atoms with Crippen LogP contribution >= 0.6 is 0 Å². The number of rotatable bonds is 4. The second-order valence-corrected chi connectivity index (χ2v) is 3.97. The molecule has 0 aromatic carbocycles. The first kappa shape index (κ1) is 12.2. The SMILES string of the molecule is CO[C@@H]1CCCC[C@H]1OC(=O)CC(C)=O. The Morgan fingerprint density at radius 2 is 1.80 bits per heavy atom. The molecule has 0 bridgehead atoms. The summed E-state index contributed by atoms with van der Waals surface area (Å²) in [5.74, 6) is -0.596. The van der Waals surface area contributed by atoms with Crippen LogP contribution in [0.5, 0.6) is 0 Å². The lowest BCUT2D eigenvalue weighted by Gasteiger charge is -2.29. The fraction of sp³-hybridized carbons (Fsp3) is 0.818. The van der Waals surface area contributed by atoms with Crippen molar-refractivity contribution in [3.05, 3.63) is 0 Å². The number of ether oxygens (including phenoxy) is 2. The molecular formula is C11H18O4. The maximum absolute atomic E-state index is 11.3. The van der Waals surface area contributed by atoms with E-state index in [0.717, 1.165) is 25.7 Å². The van der Waals surface area contributed by atoms with E-state index < -0.39 is 5.97 Å². The number of Topliss-reactive ketones (excluding diaryl/α,β-unsaturated/α-hetero) is 1.